The molecule has 0 aliphatic carbocycles. The monoisotopic (exact) mass is 260 g/mol. The molecule has 1 rings (SSSR count). The fourth-order valence-electron chi connectivity index (χ4n) is 0.822. The minimum absolute atomic E-state index is 0.191. The summed E-state index contributed by atoms with van der Waals surface area (Å²) >= 11 is 7.78. The summed E-state index contributed by atoms with van der Waals surface area (Å²) in [6.45, 7) is 0. The van der Waals surface area contributed by atoms with Gasteiger partial charge in [0.2, 0.25) is 0 Å². The number of nitrogens with zero attached hydrogens (tertiary/aromatic N) is 1. The van der Waals surface area contributed by atoms with E-state index in [1.165, 1.54) is 0 Å². The molecule has 6 heteroatoms. The quantitative estimate of drug-likeness (QED) is 0.431. The van der Waals surface area contributed by atoms with Gasteiger partial charge in [0.15, 0.2) is 5.11 Å². The van der Waals surface area contributed by atoms with E-state index in [1.54, 1.807) is 5.12 Å². The average molecular weight is 261 g/mol. The topological polar surface area (TPSA) is 53.3 Å². The summed E-state index contributed by atoms with van der Waals surface area (Å²) in [7, 11) is 0. The highest BCUT2D eigenvalue weighted by molar-refractivity contribution is 9.08. The van der Waals surface area contributed by atoms with E-state index in [0.717, 1.165) is 5.69 Å². The van der Waals surface area contributed by atoms with Crippen LogP contribution in [-0.4, -0.2) is 5.11 Å². The number of hydrogen-bond acceptors (Lipinski definition) is 3. The third-order valence-electron chi connectivity index (χ3n) is 1.32. The molecule has 70 valence electrons. The molecule has 1 aromatic rings. The van der Waals surface area contributed by atoms with Gasteiger partial charge in [-0.2, -0.15) is 0 Å². The zero-order chi connectivity index (χ0) is 9.68. The molecular formula is C7H9BrN4S. The van der Waals surface area contributed by atoms with Gasteiger partial charge in [0.1, 0.15) is 0 Å². The van der Waals surface area contributed by atoms with E-state index in [2.05, 4.69) is 26.0 Å². The number of thiocarbonyl (C=S) groups is 1. The summed E-state index contributed by atoms with van der Waals surface area (Å²) in [5.41, 5.74) is 8.95. The Labute approximate surface area is 90.4 Å². The number of hydrogen-bond donors (Lipinski definition) is 3. The van der Waals surface area contributed by atoms with Gasteiger partial charge in [-0.3, -0.25) is 5.43 Å². The van der Waals surface area contributed by atoms with Gasteiger partial charge in [-0.1, -0.05) is 18.2 Å². The van der Waals surface area contributed by atoms with Crippen LogP contribution in [0.2, 0.25) is 0 Å². The molecule has 0 aliphatic rings. The molecule has 0 aliphatic heterocycles. The van der Waals surface area contributed by atoms with Crippen molar-refractivity contribution >= 4 is 39.2 Å². The third kappa shape index (κ3) is 3.17. The van der Waals surface area contributed by atoms with Crippen molar-refractivity contribution in [1.29, 1.82) is 0 Å². The van der Waals surface area contributed by atoms with E-state index >= 15 is 0 Å². The van der Waals surface area contributed by atoms with Gasteiger partial charge in [-0.25, -0.2) is 5.12 Å². The first-order chi connectivity index (χ1) is 6.24. The van der Waals surface area contributed by atoms with Gasteiger partial charge in [0.25, 0.3) is 0 Å². The Morgan fingerprint density at radius 2 is 2.00 bits per heavy atom. The Morgan fingerprint density at radius 1 is 1.38 bits per heavy atom. The summed E-state index contributed by atoms with van der Waals surface area (Å²) in [6, 6.07) is 9.55. The molecule has 0 unspecified atom stereocenters. The second kappa shape index (κ2) is 5.00. The predicted octanol–water partition coefficient (Wildman–Crippen LogP) is 1.06. The van der Waals surface area contributed by atoms with Crippen molar-refractivity contribution < 1.29 is 0 Å². The fourth-order valence-corrected chi connectivity index (χ4v) is 1.21. The van der Waals surface area contributed by atoms with Crippen LogP contribution in [0.1, 0.15) is 0 Å². The van der Waals surface area contributed by atoms with Crippen LogP contribution in [0.4, 0.5) is 5.69 Å². The summed E-state index contributed by atoms with van der Waals surface area (Å²) in [5.74, 6) is 0. The van der Waals surface area contributed by atoms with E-state index in [1.807, 2.05) is 30.3 Å². The number of anilines is 1. The lowest BCUT2D eigenvalue weighted by atomic mass is 10.3. The van der Waals surface area contributed by atoms with Crippen molar-refractivity contribution in [3.05, 3.63) is 30.3 Å². The van der Waals surface area contributed by atoms with Crippen molar-refractivity contribution in [3.63, 3.8) is 0 Å². The van der Waals surface area contributed by atoms with Crippen molar-refractivity contribution in [3.8, 4) is 0 Å². The van der Waals surface area contributed by atoms with Crippen molar-refractivity contribution in [1.82, 2.24) is 9.88 Å². The Bertz CT molecular complexity index is 279. The van der Waals surface area contributed by atoms with Gasteiger partial charge < -0.3 is 5.73 Å². The van der Waals surface area contributed by atoms with Crippen LogP contribution in [0.15, 0.2) is 30.3 Å². The molecule has 13 heavy (non-hydrogen) atoms. The van der Waals surface area contributed by atoms with E-state index in [0.29, 0.717) is 0 Å². The highest BCUT2D eigenvalue weighted by atomic mass is 79.9. The van der Waals surface area contributed by atoms with Crippen LogP contribution in [-0.2, 0) is 0 Å². The number of nitrogens with one attached hydrogen (secondary N) is 2. The highest BCUT2D eigenvalue weighted by Gasteiger charge is 2.02. The molecule has 0 amide bonds. The molecule has 0 aromatic heterocycles. The van der Waals surface area contributed by atoms with Crippen molar-refractivity contribution in [2.24, 2.45) is 5.73 Å². The van der Waals surface area contributed by atoms with Crippen LogP contribution in [0.3, 0.4) is 0 Å². The van der Waals surface area contributed by atoms with E-state index in [4.69, 9.17) is 18.0 Å². The van der Waals surface area contributed by atoms with Crippen LogP contribution >= 0.6 is 28.4 Å². The fraction of sp³-hybridized carbons (Fsp3) is 0. The minimum Gasteiger partial charge on any atom is -0.375 e. The minimum atomic E-state index is 0.191. The smallest absolute Gasteiger partial charge is 0.183 e. The third-order valence-corrected chi connectivity index (χ3v) is 1.77. The summed E-state index contributed by atoms with van der Waals surface area (Å²) < 4.78 is 2.72. The maximum absolute atomic E-state index is 5.32. The van der Waals surface area contributed by atoms with Crippen LogP contribution in [0.5, 0.6) is 0 Å². The summed E-state index contributed by atoms with van der Waals surface area (Å²) in [5, 5.41) is 1.75. The van der Waals surface area contributed by atoms with Crippen molar-refractivity contribution in [2.75, 3.05) is 5.12 Å². The average Bonchev–Trinajstić information content (AvgIpc) is 2.15. The Balaban J connectivity index is 2.73. The Hall–Kier alpha value is -0.850. The number of nitrogens with two attached hydrogens (primary N) is 1. The van der Waals surface area contributed by atoms with Gasteiger partial charge in [0, 0.05) is 16.1 Å². The van der Waals surface area contributed by atoms with Gasteiger partial charge in [-0.15, -0.1) is 4.45 Å². The SMILES string of the molecule is NC(=S)NN(NBr)c1ccccc1. The molecule has 0 radical (unpaired) electrons. The van der Waals surface area contributed by atoms with Gasteiger partial charge >= 0.3 is 0 Å². The lowest BCUT2D eigenvalue weighted by molar-refractivity contribution is 0.772. The molecule has 0 fully saturated rings. The lowest BCUT2D eigenvalue weighted by Crippen LogP contribution is -2.49. The maximum Gasteiger partial charge on any atom is 0.183 e. The molecule has 0 spiro atoms. The summed E-state index contributed by atoms with van der Waals surface area (Å²) in [4.78, 5) is 0. The zero-order valence-corrected chi connectivity index (χ0v) is 9.10. The molecule has 0 saturated heterocycles. The first-order valence-electron chi connectivity index (χ1n) is 3.51. The standard InChI is InChI=1S/C7H9BrN4S/c8-11-12(10-7(9)13)6-4-2-1-3-5-6/h1-5,11H,(H3,9,10,13). The molecule has 4 N–H and O–H groups in total. The number of halogens is 1. The normalized spacial score (nSPS) is 9.31. The highest BCUT2D eigenvalue weighted by Crippen LogP contribution is 2.08. The second-order valence-electron chi connectivity index (χ2n) is 2.23. The number of rotatable bonds is 3. The lowest BCUT2D eigenvalue weighted by Gasteiger charge is -2.22. The van der Waals surface area contributed by atoms with E-state index in [-0.39, 0.29) is 5.11 Å². The number of hydrazine groups is 2. The first kappa shape index (κ1) is 10.2. The molecule has 1 aromatic carbocycles. The molecular weight excluding hydrogens is 252 g/mol. The largest absolute Gasteiger partial charge is 0.375 e. The number of benzene rings is 1. The van der Waals surface area contributed by atoms with Crippen LogP contribution in [0, 0.1) is 0 Å². The molecule has 4 nitrogen and oxygen atoms in total. The van der Waals surface area contributed by atoms with E-state index < -0.39 is 0 Å². The van der Waals surface area contributed by atoms with Crippen LogP contribution < -0.4 is 20.7 Å². The molecule has 0 bridgehead atoms. The Morgan fingerprint density at radius 3 is 2.46 bits per heavy atom. The molecule has 0 saturated carbocycles. The second-order valence-corrected chi connectivity index (χ2v) is 3.03. The molecule has 0 atom stereocenters. The maximum atomic E-state index is 5.32. The zero-order valence-electron chi connectivity index (χ0n) is 6.70. The Kier molecular flexibility index (Phi) is 3.94. The van der Waals surface area contributed by atoms with Crippen molar-refractivity contribution in [2.45, 2.75) is 0 Å². The predicted molar refractivity (Wildman–Crippen MR) is 60.9 cm³/mol. The number of para-hydroxylation sites is 1. The van der Waals surface area contributed by atoms with Crippen LogP contribution in [0.25, 0.3) is 0 Å². The van der Waals surface area contributed by atoms with Gasteiger partial charge in [0.05, 0.1) is 5.69 Å². The summed E-state index contributed by atoms with van der Waals surface area (Å²) in [6.07, 6.45) is 0. The van der Waals surface area contributed by atoms with E-state index in [9.17, 15) is 0 Å². The molecule has 0 heterocycles. The first-order valence-corrected chi connectivity index (χ1v) is 4.71. The van der Waals surface area contributed by atoms with Gasteiger partial charge in [-0.05, 0) is 24.4 Å².